The van der Waals surface area contributed by atoms with Crippen LogP contribution in [0.2, 0.25) is 0 Å². The molecule has 0 saturated heterocycles. The van der Waals surface area contributed by atoms with Gasteiger partial charge in [-0.05, 0) is 47.0 Å². The summed E-state index contributed by atoms with van der Waals surface area (Å²) < 4.78 is 10.4. The first-order valence-electron chi connectivity index (χ1n) is 6.01. The second-order valence-corrected chi connectivity index (χ2v) is 4.90. The Morgan fingerprint density at radius 1 is 1.21 bits per heavy atom. The Bertz CT molecular complexity index is 547. The Morgan fingerprint density at radius 2 is 2.05 bits per heavy atom. The van der Waals surface area contributed by atoms with Gasteiger partial charge in [0.15, 0.2) is 5.78 Å². The van der Waals surface area contributed by atoms with Gasteiger partial charge in [-0.15, -0.1) is 0 Å². The Balaban J connectivity index is 2.12. The number of rotatable bonds is 6. The van der Waals surface area contributed by atoms with E-state index < -0.39 is 0 Å². The van der Waals surface area contributed by atoms with E-state index >= 15 is 0 Å². The van der Waals surface area contributed by atoms with Crippen LogP contribution in [0.25, 0.3) is 0 Å². The van der Waals surface area contributed by atoms with E-state index in [-0.39, 0.29) is 5.78 Å². The molecule has 0 fully saturated rings. The van der Waals surface area contributed by atoms with E-state index in [4.69, 9.17) is 9.47 Å². The lowest BCUT2D eigenvalue weighted by molar-refractivity contribution is 0.0979. The standard InChI is InChI=1S/C15H16O3S/c1-17-12-4-6-15(18-2)13(9-12)14(16)5-3-11-7-8-19-10-11/h4,6-10H,3,5H2,1-2H3. The quantitative estimate of drug-likeness (QED) is 0.756. The summed E-state index contributed by atoms with van der Waals surface area (Å²) >= 11 is 1.64. The molecule has 0 aliphatic rings. The molecule has 0 aliphatic carbocycles. The smallest absolute Gasteiger partial charge is 0.167 e. The molecular weight excluding hydrogens is 260 g/mol. The van der Waals surface area contributed by atoms with E-state index in [1.54, 1.807) is 43.8 Å². The molecule has 1 aromatic heterocycles. The minimum Gasteiger partial charge on any atom is -0.497 e. The first-order valence-corrected chi connectivity index (χ1v) is 6.95. The largest absolute Gasteiger partial charge is 0.497 e. The maximum atomic E-state index is 12.3. The minimum atomic E-state index is 0.0713. The number of hydrogen-bond donors (Lipinski definition) is 0. The topological polar surface area (TPSA) is 35.5 Å². The normalized spacial score (nSPS) is 10.2. The van der Waals surface area contributed by atoms with E-state index in [1.807, 2.05) is 11.4 Å². The number of ketones is 1. The fourth-order valence-corrected chi connectivity index (χ4v) is 2.56. The lowest BCUT2D eigenvalue weighted by atomic mass is 10.0. The van der Waals surface area contributed by atoms with Crippen molar-refractivity contribution in [1.29, 1.82) is 0 Å². The number of benzene rings is 1. The van der Waals surface area contributed by atoms with E-state index in [0.717, 1.165) is 6.42 Å². The van der Waals surface area contributed by atoms with E-state index in [2.05, 4.69) is 5.38 Å². The minimum absolute atomic E-state index is 0.0713. The van der Waals surface area contributed by atoms with Gasteiger partial charge in [0.1, 0.15) is 11.5 Å². The Hall–Kier alpha value is -1.81. The van der Waals surface area contributed by atoms with Crippen LogP contribution in [0, 0.1) is 0 Å². The summed E-state index contributed by atoms with van der Waals surface area (Å²) in [6.45, 7) is 0. The van der Waals surface area contributed by atoms with Crippen molar-refractivity contribution in [1.82, 2.24) is 0 Å². The summed E-state index contributed by atoms with van der Waals surface area (Å²) in [4.78, 5) is 12.3. The molecule has 0 bridgehead atoms. The fraction of sp³-hybridized carbons (Fsp3) is 0.267. The average molecular weight is 276 g/mol. The first kappa shape index (κ1) is 13.6. The SMILES string of the molecule is COc1ccc(OC)c(C(=O)CCc2ccsc2)c1. The van der Waals surface area contributed by atoms with E-state index in [1.165, 1.54) is 5.56 Å². The molecule has 0 N–H and O–H groups in total. The molecule has 1 aromatic carbocycles. The van der Waals surface area contributed by atoms with Gasteiger partial charge < -0.3 is 9.47 Å². The zero-order valence-electron chi connectivity index (χ0n) is 11.0. The number of hydrogen-bond acceptors (Lipinski definition) is 4. The van der Waals surface area contributed by atoms with Crippen LogP contribution in [0.5, 0.6) is 11.5 Å². The van der Waals surface area contributed by atoms with Crippen LogP contribution < -0.4 is 9.47 Å². The van der Waals surface area contributed by atoms with E-state index in [9.17, 15) is 4.79 Å². The highest BCUT2D eigenvalue weighted by Crippen LogP contribution is 2.25. The molecule has 0 spiro atoms. The molecule has 0 amide bonds. The lowest BCUT2D eigenvalue weighted by Gasteiger charge is -2.09. The summed E-state index contributed by atoms with van der Waals surface area (Å²) in [7, 11) is 3.15. The number of Topliss-reactive ketones (excluding diaryl/α,β-unsaturated/α-hetero) is 1. The summed E-state index contributed by atoms with van der Waals surface area (Å²) in [6, 6.07) is 7.32. The molecule has 0 saturated carbocycles. The molecule has 2 rings (SSSR count). The number of aryl methyl sites for hydroxylation is 1. The van der Waals surface area contributed by atoms with Gasteiger partial charge in [0.25, 0.3) is 0 Å². The van der Waals surface area contributed by atoms with Crippen molar-refractivity contribution in [3.63, 3.8) is 0 Å². The number of ether oxygens (including phenoxy) is 2. The summed E-state index contributed by atoms with van der Waals surface area (Å²) in [5.41, 5.74) is 1.78. The van der Waals surface area contributed by atoms with Crippen LogP contribution in [0.15, 0.2) is 35.0 Å². The van der Waals surface area contributed by atoms with Crippen molar-refractivity contribution in [2.45, 2.75) is 12.8 Å². The zero-order valence-corrected chi connectivity index (χ0v) is 11.8. The molecular formula is C15H16O3S. The van der Waals surface area contributed by atoms with Crippen LogP contribution in [0.3, 0.4) is 0 Å². The molecule has 100 valence electrons. The van der Waals surface area contributed by atoms with Gasteiger partial charge in [-0.1, -0.05) is 0 Å². The van der Waals surface area contributed by atoms with Crippen molar-refractivity contribution in [2.24, 2.45) is 0 Å². The van der Waals surface area contributed by atoms with Crippen molar-refractivity contribution in [2.75, 3.05) is 14.2 Å². The van der Waals surface area contributed by atoms with Crippen LogP contribution >= 0.6 is 11.3 Å². The highest BCUT2D eigenvalue weighted by Gasteiger charge is 2.13. The Labute approximate surface area is 116 Å². The predicted molar refractivity (Wildman–Crippen MR) is 76.5 cm³/mol. The molecule has 0 atom stereocenters. The molecule has 0 radical (unpaired) electrons. The Morgan fingerprint density at radius 3 is 2.68 bits per heavy atom. The number of thiophene rings is 1. The second-order valence-electron chi connectivity index (χ2n) is 4.12. The van der Waals surface area contributed by atoms with Gasteiger partial charge in [-0.2, -0.15) is 11.3 Å². The molecule has 0 aliphatic heterocycles. The van der Waals surface area contributed by atoms with Gasteiger partial charge in [0.05, 0.1) is 19.8 Å². The van der Waals surface area contributed by atoms with Crippen LogP contribution in [0.1, 0.15) is 22.3 Å². The van der Waals surface area contributed by atoms with Crippen molar-refractivity contribution < 1.29 is 14.3 Å². The van der Waals surface area contributed by atoms with Gasteiger partial charge in [-0.3, -0.25) is 4.79 Å². The highest BCUT2D eigenvalue weighted by molar-refractivity contribution is 7.07. The maximum absolute atomic E-state index is 12.3. The number of methoxy groups -OCH3 is 2. The molecule has 19 heavy (non-hydrogen) atoms. The third kappa shape index (κ3) is 3.35. The van der Waals surface area contributed by atoms with Crippen molar-refractivity contribution in [3.8, 4) is 11.5 Å². The molecule has 4 heteroatoms. The van der Waals surface area contributed by atoms with Crippen molar-refractivity contribution in [3.05, 3.63) is 46.2 Å². The molecule has 3 nitrogen and oxygen atoms in total. The average Bonchev–Trinajstić information content (AvgIpc) is 2.97. The zero-order chi connectivity index (χ0) is 13.7. The van der Waals surface area contributed by atoms with Gasteiger partial charge >= 0.3 is 0 Å². The van der Waals surface area contributed by atoms with E-state index in [0.29, 0.717) is 23.5 Å². The summed E-state index contributed by atoms with van der Waals surface area (Å²) in [6.07, 6.45) is 1.23. The van der Waals surface area contributed by atoms with Gasteiger partial charge in [0, 0.05) is 6.42 Å². The summed E-state index contributed by atoms with van der Waals surface area (Å²) in [5, 5.41) is 4.09. The predicted octanol–water partition coefficient (Wildman–Crippen LogP) is 3.58. The lowest BCUT2D eigenvalue weighted by Crippen LogP contribution is -2.04. The maximum Gasteiger partial charge on any atom is 0.167 e. The highest BCUT2D eigenvalue weighted by atomic mass is 32.1. The third-order valence-corrected chi connectivity index (χ3v) is 3.66. The first-order chi connectivity index (χ1) is 9.24. The number of carbonyl (C=O) groups excluding carboxylic acids is 1. The van der Waals surface area contributed by atoms with Crippen molar-refractivity contribution >= 4 is 17.1 Å². The van der Waals surface area contributed by atoms with Gasteiger partial charge in [-0.25, -0.2) is 0 Å². The molecule has 2 aromatic rings. The van der Waals surface area contributed by atoms with Crippen LogP contribution in [-0.4, -0.2) is 20.0 Å². The third-order valence-electron chi connectivity index (χ3n) is 2.93. The van der Waals surface area contributed by atoms with Crippen LogP contribution in [0.4, 0.5) is 0 Å². The molecule has 1 heterocycles. The monoisotopic (exact) mass is 276 g/mol. The second kappa shape index (κ2) is 6.38. The fourth-order valence-electron chi connectivity index (χ4n) is 1.86. The summed E-state index contributed by atoms with van der Waals surface area (Å²) in [5.74, 6) is 1.33. The van der Waals surface area contributed by atoms with Gasteiger partial charge in [0.2, 0.25) is 0 Å². The Kier molecular flexibility index (Phi) is 4.58. The number of carbonyl (C=O) groups is 1. The molecule has 0 unspecified atom stereocenters. The van der Waals surface area contributed by atoms with Crippen LogP contribution in [-0.2, 0) is 6.42 Å².